The molecule has 0 spiro atoms. The van der Waals surface area contributed by atoms with Gasteiger partial charge in [0.15, 0.2) is 0 Å². The van der Waals surface area contributed by atoms with Gasteiger partial charge in [0.2, 0.25) is 0 Å². The Morgan fingerprint density at radius 2 is 1.68 bits per heavy atom. The smallest absolute Gasteiger partial charge is 0.271 e. The highest BCUT2D eigenvalue weighted by Crippen LogP contribution is 2.29. The van der Waals surface area contributed by atoms with Gasteiger partial charge in [-0.15, -0.1) is 0 Å². The molecule has 0 aliphatic carbocycles. The van der Waals surface area contributed by atoms with Gasteiger partial charge in [0, 0.05) is 29.9 Å². The summed E-state index contributed by atoms with van der Waals surface area (Å²) in [7, 11) is 0. The summed E-state index contributed by atoms with van der Waals surface area (Å²) in [5.41, 5.74) is 7.36. The van der Waals surface area contributed by atoms with E-state index in [-0.39, 0.29) is 11.7 Å². The molecule has 0 saturated carbocycles. The zero-order valence-corrected chi connectivity index (χ0v) is 16.8. The van der Waals surface area contributed by atoms with Crippen molar-refractivity contribution < 1.29 is 9.18 Å². The summed E-state index contributed by atoms with van der Waals surface area (Å²) < 4.78 is 13.2. The summed E-state index contributed by atoms with van der Waals surface area (Å²) in [5.74, 6) is -0.497. The van der Waals surface area contributed by atoms with Gasteiger partial charge in [-0.2, -0.15) is 5.10 Å². The second-order valence-corrected chi connectivity index (χ2v) is 7.58. The Morgan fingerprint density at radius 1 is 0.903 bits per heavy atom. The number of halogens is 1. The predicted molar refractivity (Wildman–Crippen MR) is 122 cm³/mol. The Bertz CT molecular complexity index is 1290. The number of benzene rings is 4. The highest BCUT2D eigenvalue weighted by atomic mass is 19.1. The number of carbonyl (C=O) groups is 1. The van der Waals surface area contributed by atoms with E-state index in [2.05, 4.69) is 15.4 Å². The second-order valence-electron chi connectivity index (χ2n) is 7.58. The van der Waals surface area contributed by atoms with E-state index in [4.69, 9.17) is 0 Å². The Kier molecular flexibility index (Phi) is 4.92. The van der Waals surface area contributed by atoms with E-state index in [1.165, 1.54) is 17.7 Å². The Labute approximate surface area is 179 Å². The highest BCUT2D eigenvalue weighted by molar-refractivity contribution is 6.00. The van der Waals surface area contributed by atoms with Gasteiger partial charge in [0.1, 0.15) is 5.82 Å². The lowest BCUT2D eigenvalue weighted by Crippen LogP contribution is -2.18. The van der Waals surface area contributed by atoms with Crippen LogP contribution < -0.4 is 10.3 Å². The molecule has 1 aliphatic rings. The van der Waals surface area contributed by atoms with E-state index < -0.39 is 0 Å². The fourth-order valence-electron chi connectivity index (χ4n) is 3.96. The van der Waals surface area contributed by atoms with E-state index >= 15 is 0 Å². The van der Waals surface area contributed by atoms with Crippen LogP contribution in [-0.4, -0.2) is 12.1 Å². The maximum Gasteiger partial charge on any atom is 0.271 e. The van der Waals surface area contributed by atoms with Crippen molar-refractivity contribution in [2.75, 3.05) is 4.90 Å². The van der Waals surface area contributed by atoms with Crippen LogP contribution in [0.15, 0.2) is 90.0 Å². The number of anilines is 1. The number of hydrogen-bond acceptors (Lipinski definition) is 3. The van der Waals surface area contributed by atoms with E-state index in [9.17, 15) is 9.18 Å². The largest absolute Gasteiger partial charge is 0.363 e. The molecular formula is C26H20FN3O. The molecule has 4 aromatic carbocycles. The van der Waals surface area contributed by atoms with E-state index in [1.54, 1.807) is 18.3 Å². The molecule has 0 aromatic heterocycles. The summed E-state index contributed by atoms with van der Waals surface area (Å²) in [6, 6.07) is 26.2. The number of nitrogens with one attached hydrogen (secondary N) is 1. The van der Waals surface area contributed by atoms with Gasteiger partial charge in [-0.1, -0.05) is 48.5 Å². The van der Waals surface area contributed by atoms with Crippen LogP contribution in [-0.2, 0) is 13.1 Å². The van der Waals surface area contributed by atoms with Crippen molar-refractivity contribution in [2.24, 2.45) is 5.10 Å². The number of hydrogen-bond donors (Lipinski definition) is 1. The molecule has 0 saturated heterocycles. The van der Waals surface area contributed by atoms with Crippen molar-refractivity contribution in [3.63, 3.8) is 0 Å². The molecule has 152 valence electrons. The lowest BCUT2D eigenvalue weighted by molar-refractivity contribution is 0.0955. The minimum atomic E-state index is -0.250. The van der Waals surface area contributed by atoms with Crippen LogP contribution in [0.2, 0.25) is 0 Å². The molecule has 4 aromatic rings. The third kappa shape index (κ3) is 3.90. The number of amides is 1. The van der Waals surface area contributed by atoms with Crippen LogP contribution in [0, 0.1) is 5.82 Å². The van der Waals surface area contributed by atoms with Gasteiger partial charge in [0.25, 0.3) is 5.91 Å². The third-order valence-corrected chi connectivity index (χ3v) is 5.58. The lowest BCUT2D eigenvalue weighted by Gasteiger charge is -2.17. The van der Waals surface area contributed by atoms with Gasteiger partial charge in [0.05, 0.1) is 6.21 Å². The Hall–Kier alpha value is -3.99. The maximum atomic E-state index is 13.2. The summed E-state index contributed by atoms with van der Waals surface area (Å²) in [5, 5.41) is 6.37. The molecule has 31 heavy (non-hydrogen) atoms. The summed E-state index contributed by atoms with van der Waals surface area (Å²) in [6.45, 7) is 1.42. The van der Waals surface area contributed by atoms with Crippen LogP contribution in [0.3, 0.4) is 0 Å². The number of hydrazone groups is 1. The standard InChI is InChI=1S/C26H20FN3O/c27-23-10-12-24(13-11-23)30-16-21-9-8-19(14-22(21)17-30)26(31)29-28-15-20-6-3-5-18-4-1-2-7-25(18)20/h1-15H,16-17H2,(H,29,31)/b28-15+. The number of nitrogens with zero attached hydrogens (tertiary/aromatic N) is 2. The fraction of sp³-hybridized carbons (Fsp3) is 0.0769. The first kappa shape index (κ1) is 19.0. The van der Waals surface area contributed by atoms with Gasteiger partial charge in [-0.05, 0) is 58.3 Å². The normalized spacial score (nSPS) is 13.0. The van der Waals surface area contributed by atoms with Crippen LogP contribution in [0.25, 0.3) is 10.8 Å². The van der Waals surface area contributed by atoms with Gasteiger partial charge >= 0.3 is 0 Å². The highest BCUT2D eigenvalue weighted by Gasteiger charge is 2.20. The van der Waals surface area contributed by atoms with Gasteiger partial charge in [-0.3, -0.25) is 4.79 Å². The third-order valence-electron chi connectivity index (χ3n) is 5.58. The van der Waals surface area contributed by atoms with Crippen LogP contribution in [0.4, 0.5) is 10.1 Å². The second kappa shape index (κ2) is 8.03. The van der Waals surface area contributed by atoms with Crippen molar-refractivity contribution in [3.05, 3.63) is 113 Å². The molecule has 5 rings (SSSR count). The fourth-order valence-corrected chi connectivity index (χ4v) is 3.96. The summed E-state index contributed by atoms with van der Waals surface area (Å²) in [6.07, 6.45) is 1.67. The lowest BCUT2D eigenvalue weighted by atomic mass is 10.1. The van der Waals surface area contributed by atoms with Crippen molar-refractivity contribution >= 4 is 28.6 Å². The summed E-state index contributed by atoms with van der Waals surface area (Å²) >= 11 is 0. The van der Waals surface area contributed by atoms with Crippen molar-refractivity contribution in [1.82, 2.24) is 5.43 Å². The first-order chi connectivity index (χ1) is 15.2. The predicted octanol–water partition coefficient (Wildman–Crippen LogP) is 5.26. The SMILES string of the molecule is O=C(N/N=C/c1cccc2ccccc12)c1ccc2c(c1)CN(c1ccc(F)cc1)C2. The molecule has 1 aliphatic heterocycles. The minimum Gasteiger partial charge on any atom is -0.363 e. The van der Waals surface area contributed by atoms with Crippen molar-refractivity contribution in [2.45, 2.75) is 13.1 Å². The number of carbonyl (C=O) groups excluding carboxylic acids is 1. The Balaban J connectivity index is 1.29. The zero-order chi connectivity index (χ0) is 21.2. The molecule has 0 atom stereocenters. The van der Waals surface area contributed by atoms with Crippen LogP contribution in [0.1, 0.15) is 27.0 Å². The van der Waals surface area contributed by atoms with E-state index in [0.29, 0.717) is 12.1 Å². The van der Waals surface area contributed by atoms with E-state index in [0.717, 1.165) is 34.1 Å². The average Bonchev–Trinajstić information content (AvgIpc) is 3.23. The molecule has 0 fully saturated rings. The van der Waals surface area contributed by atoms with Crippen molar-refractivity contribution in [3.8, 4) is 0 Å². The van der Waals surface area contributed by atoms with Gasteiger partial charge < -0.3 is 4.90 Å². The minimum absolute atomic E-state index is 0.247. The van der Waals surface area contributed by atoms with Crippen LogP contribution >= 0.6 is 0 Å². The Morgan fingerprint density at radius 3 is 2.55 bits per heavy atom. The van der Waals surface area contributed by atoms with Crippen molar-refractivity contribution in [1.29, 1.82) is 0 Å². The first-order valence-electron chi connectivity index (χ1n) is 10.1. The molecule has 0 bridgehead atoms. The molecule has 5 heteroatoms. The number of rotatable bonds is 4. The average molecular weight is 409 g/mol. The molecular weight excluding hydrogens is 389 g/mol. The van der Waals surface area contributed by atoms with E-state index in [1.807, 2.05) is 60.7 Å². The monoisotopic (exact) mass is 409 g/mol. The zero-order valence-electron chi connectivity index (χ0n) is 16.8. The molecule has 0 unspecified atom stereocenters. The quantitative estimate of drug-likeness (QED) is 0.369. The van der Waals surface area contributed by atoms with Gasteiger partial charge in [-0.25, -0.2) is 9.82 Å². The summed E-state index contributed by atoms with van der Waals surface area (Å²) in [4.78, 5) is 14.8. The number of fused-ring (bicyclic) bond motifs is 2. The molecule has 1 N–H and O–H groups in total. The van der Waals surface area contributed by atoms with Crippen LogP contribution in [0.5, 0.6) is 0 Å². The topological polar surface area (TPSA) is 44.7 Å². The molecule has 4 nitrogen and oxygen atoms in total. The molecule has 0 radical (unpaired) electrons. The molecule has 1 heterocycles. The maximum absolute atomic E-state index is 13.2. The first-order valence-corrected chi connectivity index (χ1v) is 10.1. The molecule has 1 amide bonds.